The van der Waals surface area contributed by atoms with Gasteiger partial charge in [-0.25, -0.2) is 0 Å². The molecule has 0 saturated heterocycles. The van der Waals surface area contributed by atoms with Crippen LogP contribution in [0.15, 0.2) is 42.6 Å². The standard InChI is InChI=1S/C9H7N.CH4.Pd/c1-2-6-9-8(4-1)5-3-7-10-9;;/h1-7H;1H4;. The Hall–Kier alpha value is -0.708. The zero-order valence-corrected chi connectivity index (χ0v) is 7.36. The maximum atomic E-state index is 4.18. The molecule has 0 radical (unpaired) electrons. The molecule has 2 rings (SSSR count). The molecule has 1 heterocycles. The molecule has 2 heteroatoms. The molecule has 0 atom stereocenters. The number of aromatic nitrogens is 1. The van der Waals surface area contributed by atoms with E-state index in [1.165, 1.54) is 5.39 Å². The van der Waals surface area contributed by atoms with Crippen molar-refractivity contribution in [3.05, 3.63) is 42.6 Å². The predicted molar refractivity (Wildman–Crippen MR) is 48.5 cm³/mol. The minimum atomic E-state index is 0. The number of pyridine rings is 1. The fraction of sp³-hybridized carbons (Fsp3) is 0.100. The van der Waals surface area contributed by atoms with Crippen LogP contribution in [0.25, 0.3) is 10.9 Å². The summed E-state index contributed by atoms with van der Waals surface area (Å²) in [6, 6.07) is 12.1. The molecule has 0 amide bonds. The second-order valence-corrected chi connectivity index (χ2v) is 2.20. The van der Waals surface area contributed by atoms with E-state index in [2.05, 4.69) is 17.1 Å². The summed E-state index contributed by atoms with van der Waals surface area (Å²) < 4.78 is 0. The Morgan fingerprint density at radius 1 is 0.917 bits per heavy atom. The second-order valence-electron chi connectivity index (χ2n) is 2.20. The van der Waals surface area contributed by atoms with Crippen molar-refractivity contribution < 1.29 is 20.4 Å². The van der Waals surface area contributed by atoms with Crippen molar-refractivity contribution in [3.63, 3.8) is 0 Å². The number of nitrogens with zero attached hydrogens (tertiary/aromatic N) is 1. The first kappa shape index (κ1) is 11.3. The number of hydrogen-bond donors (Lipinski definition) is 0. The van der Waals surface area contributed by atoms with Crippen LogP contribution in [0.1, 0.15) is 7.43 Å². The van der Waals surface area contributed by atoms with Crippen molar-refractivity contribution in [1.82, 2.24) is 4.98 Å². The van der Waals surface area contributed by atoms with Gasteiger partial charge in [-0.1, -0.05) is 31.7 Å². The molecule has 0 aliphatic carbocycles. The zero-order chi connectivity index (χ0) is 6.81. The first-order chi connectivity index (χ1) is 4.97. The molecule has 0 N–H and O–H groups in total. The van der Waals surface area contributed by atoms with E-state index < -0.39 is 0 Å². The van der Waals surface area contributed by atoms with Crippen molar-refractivity contribution in [2.24, 2.45) is 0 Å². The van der Waals surface area contributed by atoms with E-state index in [0.717, 1.165) is 5.52 Å². The smallest absolute Gasteiger partial charge is 0.0701 e. The second kappa shape index (κ2) is 5.03. The van der Waals surface area contributed by atoms with Gasteiger partial charge in [-0.2, -0.15) is 0 Å². The molecule has 0 spiro atoms. The molecule has 0 aliphatic heterocycles. The van der Waals surface area contributed by atoms with E-state index in [9.17, 15) is 0 Å². The van der Waals surface area contributed by atoms with Gasteiger partial charge in [0.25, 0.3) is 0 Å². The van der Waals surface area contributed by atoms with Crippen molar-refractivity contribution in [1.29, 1.82) is 0 Å². The van der Waals surface area contributed by atoms with E-state index in [4.69, 9.17) is 0 Å². The Balaban J connectivity index is 0.000000605. The summed E-state index contributed by atoms with van der Waals surface area (Å²) in [5.41, 5.74) is 1.06. The molecule has 1 aromatic heterocycles. The van der Waals surface area contributed by atoms with Gasteiger partial charge in [0.1, 0.15) is 0 Å². The number of benzene rings is 1. The van der Waals surface area contributed by atoms with E-state index in [1.807, 2.05) is 30.5 Å². The first-order valence-corrected chi connectivity index (χ1v) is 3.26. The summed E-state index contributed by atoms with van der Waals surface area (Å²) in [4.78, 5) is 4.18. The van der Waals surface area contributed by atoms with Crippen molar-refractivity contribution >= 4 is 10.9 Å². The largest absolute Gasteiger partial charge is 0.256 e. The SMILES string of the molecule is C.[Pd].c1ccc2ncccc2c1. The molecule has 0 fully saturated rings. The third-order valence-electron chi connectivity index (χ3n) is 1.51. The quantitative estimate of drug-likeness (QED) is 0.656. The Kier molecular flexibility index (Phi) is 4.73. The van der Waals surface area contributed by atoms with Crippen LogP contribution in [0.5, 0.6) is 0 Å². The van der Waals surface area contributed by atoms with Gasteiger partial charge in [0.05, 0.1) is 5.52 Å². The van der Waals surface area contributed by atoms with Gasteiger partial charge in [0, 0.05) is 32.0 Å². The normalized spacial score (nSPS) is 8.33. The number of hydrogen-bond acceptors (Lipinski definition) is 1. The summed E-state index contributed by atoms with van der Waals surface area (Å²) in [5.74, 6) is 0. The van der Waals surface area contributed by atoms with Gasteiger partial charge in [0.2, 0.25) is 0 Å². The van der Waals surface area contributed by atoms with Crippen molar-refractivity contribution in [2.45, 2.75) is 7.43 Å². The molecule has 12 heavy (non-hydrogen) atoms. The van der Waals surface area contributed by atoms with E-state index in [1.54, 1.807) is 0 Å². The van der Waals surface area contributed by atoms with Crippen LogP contribution < -0.4 is 0 Å². The van der Waals surface area contributed by atoms with Crippen molar-refractivity contribution in [3.8, 4) is 0 Å². The van der Waals surface area contributed by atoms with E-state index >= 15 is 0 Å². The number of fused-ring (bicyclic) bond motifs is 1. The van der Waals surface area contributed by atoms with Crippen LogP contribution in [-0.2, 0) is 20.4 Å². The predicted octanol–water partition coefficient (Wildman–Crippen LogP) is 2.87. The van der Waals surface area contributed by atoms with Gasteiger partial charge in [0.15, 0.2) is 0 Å². The van der Waals surface area contributed by atoms with Gasteiger partial charge in [-0.05, 0) is 12.1 Å². The summed E-state index contributed by atoms with van der Waals surface area (Å²) in [6.45, 7) is 0. The Bertz CT molecular complexity index is 281. The van der Waals surface area contributed by atoms with Crippen LogP contribution in [0.4, 0.5) is 0 Å². The molecule has 2 aromatic rings. The molecule has 0 aliphatic rings. The third kappa shape index (κ3) is 2.14. The van der Waals surface area contributed by atoms with Gasteiger partial charge in [-0.3, -0.25) is 4.98 Å². The Morgan fingerprint density at radius 3 is 2.33 bits per heavy atom. The molecule has 0 bridgehead atoms. The molecule has 1 nitrogen and oxygen atoms in total. The minimum absolute atomic E-state index is 0. The fourth-order valence-corrected chi connectivity index (χ4v) is 1.02. The monoisotopic (exact) mass is 251 g/mol. The average molecular weight is 252 g/mol. The number of para-hydroxylation sites is 1. The summed E-state index contributed by atoms with van der Waals surface area (Å²) in [7, 11) is 0. The third-order valence-corrected chi connectivity index (χ3v) is 1.51. The summed E-state index contributed by atoms with van der Waals surface area (Å²) >= 11 is 0. The molecular weight excluding hydrogens is 241 g/mol. The van der Waals surface area contributed by atoms with Crippen molar-refractivity contribution in [2.75, 3.05) is 0 Å². The van der Waals surface area contributed by atoms with E-state index in [0.29, 0.717) is 0 Å². The zero-order valence-electron chi connectivity index (χ0n) is 5.80. The molecular formula is C10H11NPd. The maximum absolute atomic E-state index is 4.18. The maximum Gasteiger partial charge on any atom is 0.0701 e. The van der Waals surface area contributed by atoms with E-state index in [-0.39, 0.29) is 27.8 Å². The minimum Gasteiger partial charge on any atom is -0.256 e. The molecule has 1 aromatic carbocycles. The fourth-order valence-electron chi connectivity index (χ4n) is 1.02. The molecule has 66 valence electrons. The van der Waals surface area contributed by atoms with Crippen LogP contribution in [-0.4, -0.2) is 4.98 Å². The first-order valence-electron chi connectivity index (χ1n) is 3.26. The Labute approximate surface area is 86.5 Å². The van der Waals surface area contributed by atoms with Gasteiger partial charge < -0.3 is 0 Å². The number of rotatable bonds is 0. The van der Waals surface area contributed by atoms with Crippen LogP contribution >= 0.6 is 0 Å². The average Bonchev–Trinajstić information content (AvgIpc) is 2.05. The van der Waals surface area contributed by atoms with Gasteiger partial charge >= 0.3 is 0 Å². The molecule has 0 unspecified atom stereocenters. The summed E-state index contributed by atoms with van der Waals surface area (Å²) in [5, 5.41) is 1.20. The van der Waals surface area contributed by atoms with Crippen LogP contribution in [0, 0.1) is 0 Å². The topological polar surface area (TPSA) is 12.9 Å². The van der Waals surface area contributed by atoms with Gasteiger partial charge in [-0.15, -0.1) is 0 Å². The summed E-state index contributed by atoms with van der Waals surface area (Å²) in [6.07, 6.45) is 1.81. The Morgan fingerprint density at radius 2 is 1.58 bits per heavy atom. The van der Waals surface area contributed by atoms with Crippen LogP contribution in [0.3, 0.4) is 0 Å². The van der Waals surface area contributed by atoms with Crippen LogP contribution in [0.2, 0.25) is 0 Å². The molecule has 0 saturated carbocycles.